The summed E-state index contributed by atoms with van der Waals surface area (Å²) in [5.41, 5.74) is 1.20. The fourth-order valence-corrected chi connectivity index (χ4v) is 3.30. The molecule has 0 radical (unpaired) electrons. The van der Waals surface area contributed by atoms with Crippen molar-refractivity contribution in [2.45, 2.75) is 0 Å². The molecule has 1 aromatic carbocycles. The van der Waals surface area contributed by atoms with Gasteiger partial charge in [-0.3, -0.25) is 14.5 Å². The highest BCUT2D eigenvalue weighted by molar-refractivity contribution is 6.03. The molecule has 0 atom stereocenters. The number of pyridine rings is 2. The molecule has 4 rings (SSSR count). The summed E-state index contributed by atoms with van der Waals surface area (Å²) in [6.45, 7) is 4.09. The number of amides is 1. The van der Waals surface area contributed by atoms with Crippen molar-refractivity contribution in [2.24, 2.45) is 0 Å². The quantitative estimate of drug-likeness (QED) is 0.695. The van der Waals surface area contributed by atoms with E-state index in [4.69, 9.17) is 0 Å². The summed E-state index contributed by atoms with van der Waals surface area (Å²) in [5.74, 6) is 0.420. The van der Waals surface area contributed by atoms with Crippen LogP contribution >= 0.6 is 0 Å². The third-order valence-electron chi connectivity index (χ3n) is 4.80. The van der Waals surface area contributed by atoms with Gasteiger partial charge in [-0.05, 0) is 25.2 Å². The van der Waals surface area contributed by atoms with E-state index in [1.807, 2.05) is 18.2 Å². The van der Waals surface area contributed by atoms with Crippen LogP contribution in [0, 0.1) is 0 Å². The molecule has 7 heteroatoms. The first kappa shape index (κ1) is 16.7. The van der Waals surface area contributed by atoms with Gasteiger partial charge in [-0.2, -0.15) is 0 Å². The van der Waals surface area contributed by atoms with E-state index in [1.54, 1.807) is 18.2 Å². The van der Waals surface area contributed by atoms with Crippen LogP contribution in [0.2, 0.25) is 0 Å². The molecule has 3 heterocycles. The molecule has 0 unspecified atom stereocenters. The van der Waals surface area contributed by atoms with Gasteiger partial charge in [-0.1, -0.05) is 18.2 Å². The summed E-state index contributed by atoms with van der Waals surface area (Å²) in [6.07, 6.45) is 0. The second-order valence-electron chi connectivity index (χ2n) is 6.72. The number of hydrogen-bond acceptors (Lipinski definition) is 5. The molecule has 3 aromatic rings. The predicted molar refractivity (Wildman–Crippen MR) is 102 cm³/mol. The van der Waals surface area contributed by atoms with Crippen molar-refractivity contribution in [1.82, 2.24) is 19.8 Å². The second kappa shape index (κ2) is 6.86. The first-order chi connectivity index (χ1) is 12.6. The number of aromatic amines is 1. The number of anilines is 1. The number of hydrogen-bond donors (Lipinski definition) is 2. The largest absolute Gasteiger partial charge is 0.320 e. The van der Waals surface area contributed by atoms with Crippen LogP contribution in [0.15, 0.2) is 41.2 Å². The van der Waals surface area contributed by atoms with Gasteiger partial charge < -0.3 is 15.2 Å². The molecule has 1 aliphatic rings. The molecule has 0 saturated carbocycles. The molecular formula is C19H21N5O2. The maximum atomic E-state index is 12.4. The van der Waals surface area contributed by atoms with E-state index in [9.17, 15) is 9.59 Å². The summed E-state index contributed by atoms with van der Waals surface area (Å²) in [4.78, 5) is 36.3. The Morgan fingerprint density at radius 3 is 2.62 bits per heavy atom. The second-order valence-corrected chi connectivity index (χ2v) is 6.72. The molecule has 2 N–H and O–H groups in total. The number of nitrogens with one attached hydrogen (secondary N) is 2. The van der Waals surface area contributed by atoms with E-state index in [2.05, 4.69) is 32.1 Å². The molecule has 1 fully saturated rings. The highest BCUT2D eigenvalue weighted by Crippen LogP contribution is 2.20. The van der Waals surface area contributed by atoms with E-state index in [-0.39, 0.29) is 11.5 Å². The van der Waals surface area contributed by atoms with Crippen molar-refractivity contribution in [3.8, 4) is 0 Å². The van der Waals surface area contributed by atoms with Crippen LogP contribution in [-0.2, 0) is 4.79 Å². The van der Waals surface area contributed by atoms with Gasteiger partial charge in [0.15, 0.2) is 0 Å². The third kappa shape index (κ3) is 3.31. The van der Waals surface area contributed by atoms with Crippen molar-refractivity contribution in [3.05, 3.63) is 46.8 Å². The predicted octanol–water partition coefficient (Wildman–Crippen LogP) is 1.26. The number of H-pyrrole nitrogens is 1. The Bertz CT molecular complexity index is 1020. The van der Waals surface area contributed by atoms with Crippen molar-refractivity contribution in [1.29, 1.82) is 0 Å². The SMILES string of the molecule is CN1CCN(CC(=O)Nc2ccc3[nH]c(=O)c4ccccc4c3n2)CC1. The van der Waals surface area contributed by atoms with Gasteiger partial charge in [-0.15, -0.1) is 0 Å². The lowest BCUT2D eigenvalue weighted by Gasteiger charge is -2.31. The van der Waals surface area contributed by atoms with E-state index in [0.29, 0.717) is 28.8 Å². The Balaban J connectivity index is 1.57. The summed E-state index contributed by atoms with van der Waals surface area (Å²) in [5, 5.41) is 4.24. The summed E-state index contributed by atoms with van der Waals surface area (Å²) in [6, 6.07) is 10.8. The Morgan fingerprint density at radius 2 is 1.85 bits per heavy atom. The average Bonchev–Trinajstić information content (AvgIpc) is 2.64. The van der Waals surface area contributed by atoms with Crippen molar-refractivity contribution in [3.63, 3.8) is 0 Å². The smallest absolute Gasteiger partial charge is 0.256 e. The van der Waals surface area contributed by atoms with Gasteiger partial charge in [-0.25, -0.2) is 4.98 Å². The zero-order valence-electron chi connectivity index (χ0n) is 14.7. The normalized spacial score (nSPS) is 16.2. The number of carbonyl (C=O) groups is 1. The van der Waals surface area contributed by atoms with Crippen LogP contribution in [0.4, 0.5) is 5.82 Å². The molecule has 1 aliphatic heterocycles. The first-order valence-electron chi connectivity index (χ1n) is 8.73. The Labute approximate surface area is 150 Å². The lowest BCUT2D eigenvalue weighted by molar-refractivity contribution is -0.117. The number of rotatable bonds is 3. The lowest BCUT2D eigenvalue weighted by atomic mass is 10.1. The number of fused-ring (bicyclic) bond motifs is 3. The molecule has 0 spiro atoms. The zero-order chi connectivity index (χ0) is 18.1. The Hall–Kier alpha value is -2.77. The van der Waals surface area contributed by atoms with Crippen molar-refractivity contribution < 1.29 is 4.79 Å². The molecule has 134 valence electrons. The lowest BCUT2D eigenvalue weighted by Crippen LogP contribution is -2.47. The van der Waals surface area contributed by atoms with E-state index in [1.165, 1.54) is 0 Å². The minimum atomic E-state index is -0.137. The molecule has 1 amide bonds. The Kier molecular flexibility index (Phi) is 4.40. The topological polar surface area (TPSA) is 81.3 Å². The maximum Gasteiger partial charge on any atom is 0.256 e. The number of aromatic nitrogens is 2. The minimum Gasteiger partial charge on any atom is -0.320 e. The van der Waals surface area contributed by atoms with Crippen LogP contribution in [0.5, 0.6) is 0 Å². The molecule has 2 aromatic heterocycles. The summed E-state index contributed by atoms with van der Waals surface area (Å²) in [7, 11) is 2.09. The van der Waals surface area contributed by atoms with Crippen LogP contribution in [0.3, 0.4) is 0 Å². The van der Waals surface area contributed by atoms with E-state index < -0.39 is 0 Å². The van der Waals surface area contributed by atoms with Gasteiger partial charge in [0.25, 0.3) is 5.56 Å². The number of piperazine rings is 1. The van der Waals surface area contributed by atoms with Gasteiger partial charge in [0.1, 0.15) is 5.82 Å². The van der Waals surface area contributed by atoms with Gasteiger partial charge >= 0.3 is 0 Å². The summed E-state index contributed by atoms with van der Waals surface area (Å²) < 4.78 is 0. The third-order valence-corrected chi connectivity index (χ3v) is 4.80. The number of benzene rings is 1. The van der Waals surface area contributed by atoms with Crippen LogP contribution in [0.1, 0.15) is 0 Å². The highest BCUT2D eigenvalue weighted by atomic mass is 16.2. The van der Waals surface area contributed by atoms with Crippen LogP contribution < -0.4 is 10.9 Å². The number of nitrogens with zero attached hydrogens (tertiary/aromatic N) is 3. The van der Waals surface area contributed by atoms with Gasteiger partial charge in [0, 0.05) is 37.0 Å². The van der Waals surface area contributed by atoms with Gasteiger partial charge in [0.2, 0.25) is 5.91 Å². The minimum absolute atomic E-state index is 0.0740. The standard InChI is InChI=1S/C19H21N5O2/c1-23-8-10-24(11-9-23)12-17(25)21-16-7-6-15-18(22-16)13-4-2-3-5-14(13)19(26)20-15/h2-7H,8-12H2,1H3,(H,20,26)(H,21,22,25). The first-order valence-corrected chi connectivity index (χ1v) is 8.73. The number of likely N-dealkylation sites (N-methyl/N-ethyl adjacent to an activating group) is 1. The van der Waals surface area contributed by atoms with E-state index in [0.717, 1.165) is 31.6 Å². The highest BCUT2D eigenvalue weighted by Gasteiger charge is 2.17. The summed E-state index contributed by atoms with van der Waals surface area (Å²) >= 11 is 0. The van der Waals surface area contributed by atoms with Crippen LogP contribution in [-0.4, -0.2) is 65.4 Å². The fraction of sp³-hybridized carbons (Fsp3) is 0.316. The van der Waals surface area contributed by atoms with Crippen molar-refractivity contribution >= 4 is 33.5 Å². The molecular weight excluding hydrogens is 330 g/mol. The van der Waals surface area contributed by atoms with E-state index >= 15 is 0 Å². The maximum absolute atomic E-state index is 12.4. The van der Waals surface area contributed by atoms with Crippen molar-refractivity contribution in [2.75, 3.05) is 45.1 Å². The number of carbonyl (C=O) groups excluding carboxylic acids is 1. The monoisotopic (exact) mass is 351 g/mol. The fourth-order valence-electron chi connectivity index (χ4n) is 3.30. The average molecular weight is 351 g/mol. The van der Waals surface area contributed by atoms with Gasteiger partial charge in [0.05, 0.1) is 17.6 Å². The van der Waals surface area contributed by atoms with Crippen LogP contribution in [0.25, 0.3) is 21.8 Å². The molecule has 1 saturated heterocycles. The molecule has 0 bridgehead atoms. The Morgan fingerprint density at radius 1 is 1.12 bits per heavy atom. The zero-order valence-corrected chi connectivity index (χ0v) is 14.7. The molecule has 7 nitrogen and oxygen atoms in total. The molecule has 26 heavy (non-hydrogen) atoms. The molecule has 0 aliphatic carbocycles.